The Morgan fingerprint density at radius 3 is 2.62 bits per heavy atom. The van der Waals surface area contributed by atoms with E-state index in [2.05, 4.69) is 0 Å². The molecule has 72 valence electrons. The van der Waals surface area contributed by atoms with E-state index >= 15 is 0 Å². The maximum absolute atomic E-state index is 11.0. The van der Waals surface area contributed by atoms with E-state index in [-0.39, 0.29) is 31.1 Å². The van der Waals surface area contributed by atoms with Gasteiger partial charge >= 0.3 is 5.97 Å². The van der Waals surface area contributed by atoms with Gasteiger partial charge in [-0.2, -0.15) is 0 Å². The number of nitrogens with zero attached hydrogens (tertiary/aromatic N) is 1. The van der Waals surface area contributed by atoms with E-state index < -0.39 is 12.0 Å². The van der Waals surface area contributed by atoms with Crippen molar-refractivity contribution in [3.8, 4) is 0 Å². The molecule has 0 aliphatic carbocycles. The molecule has 1 aliphatic heterocycles. The predicted octanol–water partition coefficient (Wildman–Crippen LogP) is -0.349. The van der Waals surface area contributed by atoms with Gasteiger partial charge in [0, 0.05) is 13.3 Å². The Bertz CT molecular complexity index is 261. The van der Waals surface area contributed by atoms with Crippen molar-refractivity contribution in [2.24, 2.45) is 0 Å². The Morgan fingerprint density at radius 1 is 1.54 bits per heavy atom. The zero-order valence-electron chi connectivity index (χ0n) is 7.32. The van der Waals surface area contributed by atoms with Gasteiger partial charge in [0.05, 0.1) is 6.54 Å². The van der Waals surface area contributed by atoms with Gasteiger partial charge in [-0.05, 0) is 6.42 Å². The average Bonchev–Trinajstić information content (AvgIpc) is 2.03. The number of carbonyl (C=O) groups is 3. The maximum atomic E-state index is 11.0. The Labute approximate surface area is 75.3 Å². The van der Waals surface area contributed by atoms with E-state index in [4.69, 9.17) is 5.11 Å². The summed E-state index contributed by atoms with van der Waals surface area (Å²) < 4.78 is 0. The smallest absolute Gasteiger partial charge is 0.326 e. The molecule has 1 rings (SSSR count). The monoisotopic (exact) mass is 185 g/mol. The summed E-state index contributed by atoms with van der Waals surface area (Å²) in [6, 6.07) is -0.824. The number of likely N-dealkylation sites (tertiary alicyclic amines) is 1. The molecule has 1 fully saturated rings. The predicted molar refractivity (Wildman–Crippen MR) is 43.1 cm³/mol. The summed E-state index contributed by atoms with van der Waals surface area (Å²) in [7, 11) is 0. The van der Waals surface area contributed by atoms with Crippen molar-refractivity contribution < 1.29 is 19.5 Å². The molecule has 1 saturated heterocycles. The van der Waals surface area contributed by atoms with Crippen LogP contribution in [0.4, 0.5) is 0 Å². The Hall–Kier alpha value is -1.39. The van der Waals surface area contributed by atoms with E-state index in [1.165, 1.54) is 6.92 Å². The van der Waals surface area contributed by atoms with E-state index in [0.717, 1.165) is 4.90 Å². The molecule has 5 nitrogen and oxygen atoms in total. The molecule has 0 radical (unpaired) electrons. The van der Waals surface area contributed by atoms with Crippen molar-refractivity contribution in [2.75, 3.05) is 6.54 Å². The highest BCUT2D eigenvalue weighted by Crippen LogP contribution is 2.14. The molecule has 1 unspecified atom stereocenters. The number of carboxylic acids is 1. The fourth-order valence-corrected chi connectivity index (χ4v) is 1.42. The van der Waals surface area contributed by atoms with Crippen LogP contribution in [-0.2, 0) is 14.4 Å². The van der Waals surface area contributed by atoms with Crippen LogP contribution in [0.5, 0.6) is 0 Å². The quantitative estimate of drug-likeness (QED) is 0.606. The first-order valence-electron chi connectivity index (χ1n) is 4.04. The highest BCUT2D eigenvalue weighted by atomic mass is 16.4. The third-order valence-electron chi connectivity index (χ3n) is 2.11. The van der Waals surface area contributed by atoms with Crippen LogP contribution in [0.1, 0.15) is 19.8 Å². The molecule has 5 heteroatoms. The van der Waals surface area contributed by atoms with Gasteiger partial charge in [-0.1, -0.05) is 0 Å². The van der Waals surface area contributed by atoms with Crippen LogP contribution in [0.2, 0.25) is 0 Å². The lowest BCUT2D eigenvalue weighted by Gasteiger charge is -2.30. The summed E-state index contributed by atoms with van der Waals surface area (Å²) in [5.74, 6) is -1.48. The van der Waals surface area contributed by atoms with E-state index in [9.17, 15) is 14.4 Å². The number of piperidine rings is 1. The van der Waals surface area contributed by atoms with Gasteiger partial charge in [-0.3, -0.25) is 9.59 Å². The van der Waals surface area contributed by atoms with Crippen molar-refractivity contribution in [1.82, 2.24) is 4.90 Å². The second kappa shape index (κ2) is 3.55. The molecule has 0 saturated carbocycles. The van der Waals surface area contributed by atoms with Crippen LogP contribution in [0.15, 0.2) is 0 Å². The Kier molecular flexibility index (Phi) is 2.65. The van der Waals surface area contributed by atoms with Crippen LogP contribution in [0.25, 0.3) is 0 Å². The molecule has 0 aromatic rings. The summed E-state index contributed by atoms with van der Waals surface area (Å²) >= 11 is 0. The fourth-order valence-electron chi connectivity index (χ4n) is 1.42. The number of hydrogen-bond acceptors (Lipinski definition) is 3. The average molecular weight is 185 g/mol. The molecular formula is C8H11NO4. The van der Waals surface area contributed by atoms with Crippen molar-refractivity contribution in [2.45, 2.75) is 25.8 Å². The van der Waals surface area contributed by atoms with Crippen molar-refractivity contribution in [3.63, 3.8) is 0 Å². The molecule has 0 bridgehead atoms. The zero-order valence-corrected chi connectivity index (χ0v) is 7.32. The summed E-state index contributed by atoms with van der Waals surface area (Å²) in [5, 5.41) is 8.74. The van der Waals surface area contributed by atoms with E-state index in [1.54, 1.807) is 0 Å². The van der Waals surface area contributed by atoms with Crippen molar-refractivity contribution in [1.29, 1.82) is 0 Å². The van der Waals surface area contributed by atoms with E-state index in [1.807, 2.05) is 0 Å². The summed E-state index contributed by atoms with van der Waals surface area (Å²) in [5.41, 5.74) is 0. The number of ketones is 1. The minimum absolute atomic E-state index is 0.0632. The molecule has 0 aromatic carbocycles. The normalized spacial score (nSPS) is 23.0. The van der Waals surface area contributed by atoms with Gasteiger partial charge in [-0.15, -0.1) is 0 Å². The highest BCUT2D eigenvalue weighted by molar-refractivity contribution is 5.91. The number of hydrogen-bond donors (Lipinski definition) is 1. The number of amides is 1. The van der Waals surface area contributed by atoms with Gasteiger partial charge in [-0.25, -0.2) is 4.79 Å². The summed E-state index contributed by atoms with van der Waals surface area (Å²) in [4.78, 5) is 33.7. The third-order valence-corrected chi connectivity index (χ3v) is 2.11. The molecular weight excluding hydrogens is 174 g/mol. The standard InChI is InChI=1S/C8H11NO4/c1-5(10)9-4-6(11)2-3-7(9)8(12)13/h7H,2-4H2,1H3,(H,12,13). The largest absolute Gasteiger partial charge is 0.480 e. The molecule has 1 N–H and O–H groups in total. The van der Waals surface area contributed by atoms with Crippen molar-refractivity contribution >= 4 is 17.7 Å². The fraction of sp³-hybridized carbons (Fsp3) is 0.625. The van der Waals surface area contributed by atoms with Gasteiger partial charge in [0.1, 0.15) is 6.04 Å². The molecule has 13 heavy (non-hydrogen) atoms. The maximum Gasteiger partial charge on any atom is 0.326 e. The second-order valence-corrected chi connectivity index (χ2v) is 3.08. The minimum atomic E-state index is -1.04. The van der Waals surface area contributed by atoms with Crippen LogP contribution in [0.3, 0.4) is 0 Å². The molecule has 0 spiro atoms. The van der Waals surface area contributed by atoms with Crippen LogP contribution < -0.4 is 0 Å². The molecule has 1 atom stereocenters. The van der Waals surface area contributed by atoms with Crippen LogP contribution >= 0.6 is 0 Å². The topological polar surface area (TPSA) is 74.7 Å². The zero-order chi connectivity index (χ0) is 10.0. The van der Waals surface area contributed by atoms with Gasteiger partial charge < -0.3 is 10.0 Å². The molecule has 1 heterocycles. The summed E-state index contributed by atoms with van der Waals surface area (Å²) in [6.45, 7) is 1.21. The highest BCUT2D eigenvalue weighted by Gasteiger charge is 2.33. The van der Waals surface area contributed by atoms with Gasteiger partial charge in [0.15, 0.2) is 5.78 Å². The third kappa shape index (κ3) is 2.05. The lowest BCUT2D eigenvalue weighted by molar-refractivity contribution is -0.153. The molecule has 1 aliphatic rings. The Morgan fingerprint density at radius 2 is 2.15 bits per heavy atom. The summed E-state index contributed by atoms with van der Waals surface area (Å²) in [6.07, 6.45) is 0.481. The first kappa shape index (κ1) is 9.70. The lowest BCUT2D eigenvalue weighted by Crippen LogP contribution is -2.50. The van der Waals surface area contributed by atoms with Crippen LogP contribution in [-0.4, -0.2) is 40.3 Å². The van der Waals surface area contributed by atoms with Gasteiger partial charge in [0.25, 0.3) is 0 Å². The molecule has 0 aromatic heterocycles. The number of aliphatic carboxylic acids is 1. The minimum Gasteiger partial charge on any atom is -0.480 e. The first-order valence-corrected chi connectivity index (χ1v) is 4.04. The molecule has 1 amide bonds. The SMILES string of the molecule is CC(=O)N1CC(=O)CCC1C(=O)O. The van der Waals surface area contributed by atoms with Gasteiger partial charge in [0.2, 0.25) is 5.91 Å². The van der Waals surface area contributed by atoms with Crippen LogP contribution in [0, 0.1) is 0 Å². The number of carbonyl (C=O) groups excluding carboxylic acids is 2. The number of rotatable bonds is 1. The lowest BCUT2D eigenvalue weighted by atomic mass is 10.0. The number of Topliss-reactive ketones (excluding diaryl/α,β-unsaturated/α-hetero) is 1. The first-order chi connectivity index (χ1) is 6.02. The van der Waals surface area contributed by atoms with Crippen molar-refractivity contribution in [3.05, 3.63) is 0 Å². The number of carboxylic acid groups (broad SMARTS) is 1. The second-order valence-electron chi connectivity index (χ2n) is 3.08. The Balaban J connectivity index is 2.77. The van der Waals surface area contributed by atoms with E-state index in [0.29, 0.717) is 0 Å².